The van der Waals surface area contributed by atoms with Crippen LogP contribution in [-0.2, 0) is 0 Å². The predicted octanol–water partition coefficient (Wildman–Crippen LogP) is 2.62. The van der Waals surface area contributed by atoms with E-state index >= 15 is 0 Å². The summed E-state index contributed by atoms with van der Waals surface area (Å²) >= 11 is 1.22. The van der Waals surface area contributed by atoms with Crippen molar-refractivity contribution < 1.29 is 9.59 Å². The fourth-order valence-corrected chi connectivity index (χ4v) is 2.92. The standard InChI is InChI=1S/C13H21N3O2S/c1-3-5-6-7-16-13-9(12(15)18)10(14)11(19-13)8(17)4-2/h16H,3-7,14H2,1-2H3,(H2,15,18). The average molecular weight is 283 g/mol. The Morgan fingerprint density at radius 2 is 1.95 bits per heavy atom. The zero-order valence-corrected chi connectivity index (χ0v) is 12.2. The van der Waals surface area contributed by atoms with Crippen molar-refractivity contribution >= 4 is 33.7 Å². The van der Waals surface area contributed by atoms with Gasteiger partial charge in [-0.3, -0.25) is 9.59 Å². The average Bonchev–Trinajstić information content (AvgIpc) is 2.71. The number of ketones is 1. The van der Waals surface area contributed by atoms with E-state index in [2.05, 4.69) is 12.2 Å². The normalized spacial score (nSPS) is 10.4. The molecule has 0 fully saturated rings. The lowest BCUT2D eigenvalue weighted by atomic mass is 10.1. The number of nitrogens with two attached hydrogens (primary N) is 2. The van der Waals surface area contributed by atoms with Crippen molar-refractivity contribution in [1.29, 1.82) is 0 Å². The van der Waals surface area contributed by atoms with Gasteiger partial charge >= 0.3 is 0 Å². The molecule has 1 heterocycles. The highest BCUT2D eigenvalue weighted by atomic mass is 32.1. The van der Waals surface area contributed by atoms with Crippen LogP contribution in [0, 0.1) is 0 Å². The van der Waals surface area contributed by atoms with Crippen LogP contribution in [0.25, 0.3) is 0 Å². The van der Waals surface area contributed by atoms with Crippen LogP contribution in [0.1, 0.15) is 59.6 Å². The highest BCUT2D eigenvalue weighted by Gasteiger charge is 2.22. The molecule has 0 aliphatic rings. The van der Waals surface area contributed by atoms with E-state index in [4.69, 9.17) is 11.5 Å². The number of rotatable bonds is 8. The number of unbranched alkanes of at least 4 members (excludes halogenated alkanes) is 2. The number of hydrogen-bond acceptors (Lipinski definition) is 5. The van der Waals surface area contributed by atoms with Gasteiger partial charge in [0.1, 0.15) is 5.00 Å². The summed E-state index contributed by atoms with van der Waals surface area (Å²) in [6.07, 6.45) is 3.60. The monoisotopic (exact) mass is 283 g/mol. The Bertz CT molecular complexity index is 469. The van der Waals surface area contributed by atoms with Crippen molar-refractivity contribution in [3.63, 3.8) is 0 Å². The molecule has 0 saturated carbocycles. The van der Waals surface area contributed by atoms with E-state index in [1.807, 2.05) is 0 Å². The third kappa shape index (κ3) is 3.70. The zero-order chi connectivity index (χ0) is 14.4. The summed E-state index contributed by atoms with van der Waals surface area (Å²) in [5.41, 5.74) is 11.7. The van der Waals surface area contributed by atoms with Gasteiger partial charge in [0.15, 0.2) is 5.78 Å². The van der Waals surface area contributed by atoms with Gasteiger partial charge in [0.05, 0.1) is 16.1 Å². The van der Waals surface area contributed by atoms with Crippen LogP contribution >= 0.6 is 11.3 Å². The summed E-state index contributed by atoms with van der Waals surface area (Å²) in [7, 11) is 0. The van der Waals surface area contributed by atoms with Gasteiger partial charge in [-0.15, -0.1) is 11.3 Å². The molecule has 5 N–H and O–H groups in total. The Hall–Kier alpha value is -1.56. The number of amides is 1. The van der Waals surface area contributed by atoms with Crippen LogP contribution in [-0.4, -0.2) is 18.2 Å². The first-order valence-electron chi connectivity index (χ1n) is 6.52. The zero-order valence-electron chi connectivity index (χ0n) is 11.4. The number of anilines is 2. The molecule has 0 atom stereocenters. The lowest BCUT2D eigenvalue weighted by molar-refractivity contribution is 0.0991. The lowest BCUT2D eigenvalue weighted by Gasteiger charge is -2.05. The predicted molar refractivity (Wildman–Crippen MR) is 79.9 cm³/mol. The summed E-state index contributed by atoms with van der Waals surface area (Å²) in [6, 6.07) is 0. The maximum absolute atomic E-state index is 11.7. The highest BCUT2D eigenvalue weighted by molar-refractivity contribution is 7.19. The van der Waals surface area contributed by atoms with E-state index in [-0.39, 0.29) is 17.0 Å². The van der Waals surface area contributed by atoms with Crippen molar-refractivity contribution in [3.05, 3.63) is 10.4 Å². The fourth-order valence-electron chi connectivity index (χ4n) is 1.76. The Morgan fingerprint density at radius 3 is 2.47 bits per heavy atom. The van der Waals surface area contributed by atoms with Crippen molar-refractivity contribution in [2.45, 2.75) is 39.5 Å². The maximum Gasteiger partial charge on any atom is 0.253 e. The molecule has 0 aromatic carbocycles. The summed E-state index contributed by atoms with van der Waals surface area (Å²) in [4.78, 5) is 23.6. The molecule has 0 aliphatic carbocycles. The van der Waals surface area contributed by atoms with Gasteiger partial charge < -0.3 is 16.8 Å². The Balaban J connectivity index is 2.95. The molecule has 19 heavy (non-hydrogen) atoms. The molecule has 1 rings (SSSR count). The molecule has 0 spiro atoms. The van der Waals surface area contributed by atoms with E-state index in [9.17, 15) is 9.59 Å². The number of hydrogen-bond donors (Lipinski definition) is 3. The van der Waals surface area contributed by atoms with Crippen LogP contribution in [0.2, 0.25) is 0 Å². The first-order valence-corrected chi connectivity index (χ1v) is 7.33. The maximum atomic E-state index is 11.7. The first kappa shape index (κ1) is 15.5. The number of nitrogen functional groups attached to an aromatic ring is 1. The number of carbonyl (C=O) groups is 2. The molecule has 0 radical (unpaired) electrons. The smallest absolute Gasteiger partial charge is 0.253 e. The third-order valence-electron chi connectivity index (χ3n) is 2.83. The largest absolute Gasteiger partial charge is 0.397 e. The molecule has 0 bridgehead atoms. The van der Waals surface area contributed by atoms with Gasteiger partial charge in [0, 0.05) is 13.0 Å². The van der Waals surface area contributed by atoms with Crippen LogP contribution < -0.4 is 16.8 Å². The molecular formula is C13H21N3O2S. The van der Waals surface area contributed by atoms with E-state index in [1.54, 1.807) is 6.92 Å². The first-order chi connectivity index (χ1) is 9.02. The number of thiophene rings is 1. The minimum Gasteiger partial charge on any atom is -0.397 e. The summed E-state index contributed by atoms with van der Waals surface area (Å²) in [6.45, 7) is 4.63. The molecule has 0 saturated heterocycles. The van der Waals surface area contributed by atoms with Gasteiger partial charge in [-0.1, -0.05) is 26.7 Å². The van der Waals surface area contributed by atoms with Crippen LogP contribution in [0.4, 0.5) is 10.7 Å². The molecule has 0 unspecified atom stereocenters. The summed E-state index contributed by atoms with van der Waals surface area (Å²) in [5.74, 6) is -0.659. The van der Waals surface area contributed by atoms with E-state index in [0.717, 1.165) is 25.8 Å². The molecule has 1 amide bonds. The molecule has 1 aromatic rings. The quantitative estimate of drug-likeness (QED) is 0.504. The van der Waals surface area contributed by atoms with Crippen molar-refractivity contribution in [1.82, 2.24) is 0 Å². The molecule has 1 aromatic heterocycles. The Labute approximate surface area is 117 Å². The second-order valence-corrected chi connectivity index (χ2v) is 5.34. The Morgan fingerprint density at radius 1 is 1.26 bits per heavy atom. The fraction of sp³-hybridized carbons (Fsp3) is 0.538. The lowest BCUT2D eigenvalue weighted by Crippen LogP contribution is -2.15. The van der Waals surface area contributed by atoms with Crippen LogP contribution in [0.15, 0.2) is 0 Å². The molecule has 106 valence electrons. The van der Waals surface area contributed by atoms with Crippen molar-refractivity contribution in [3.8, 4) is 0 Å². The van der Waals surface area contributed by atoms with E-state index < -0.39 is 5.91 Å². The summed E-state index contributed by atoms with van der Waals surface area (Å²) < 4.78 is 0. The van der Waals surface area contributed by atoms with Crippen molar-refractivity contribution in [2.75, 3.05) is 17.6 Å². The molecule has 0 aliphatic heterocycles. The van der Waals surface area contributed by atoms with Crippen molar-refractivity contribution in [2.24, 2.45) is 5.73 Å². The highest BCUT2D eigenvalue weighted by Crippen LogP contribution is 2.36. The number of primary amides is 1. The number of nitrogens with one attached hydrogen (secondary N) is 1. The van der Waals surface area contributed by atoms with Gasteiger partial charge in [-0.25, -0.2) is 0 Å². The van der Waals surface area contributed by atoms with Gasteiger partial charge in [0.25, 0.3) is 5.91 Å². The summed E-state index contributed by atoms with van der Waals surface area (Å²) in [5, 5.41) is 3.76. The Kier molecular flexibility index (Phi) is 5.82. The minimum absolute atomic E-state index is 0.0633. The minimum atomic E-state index is -0.595. The van der Waals surface area contributed by atoms with E-state index in [0.29, 0.717) is 16.3 Å². The van der Waals surface area contributed by atoms with Gasteiger partial charge in [0.2, 0.25) is 0 Å². The van der Waals surface area contributed by atoms with Gasteiger partial charge in [-0.05, 0) is 6.42 Å². The SMILES string of the molecule is CCCCCNc1sc(C(=O)CC)c(N)c1C(N)=O. The topological polar surface area (TPSA) is 98.2 Å². The number of carbonyl (C=O) groups excluding carboxylic acids is 2. The second kappa shape index (κ2) is 7.13. The molecule has 5 nitrogen and oxygen atoms in total. The third-order valence-corrected chi connectivity index (χ3v) is 4.04. The van der Waals surface area contributed by atoms with Gasteiger partial charge in [-0.2, -0.15) is 0 Å². The number of Topliss-reactive ketones (excluding diaryl/α,β-unsaturated/α-hetero) is 1. The van der Waals surface area contributed by atoms with Crippen LogP contribution in [0.5, 0.6) is 0 Å². The molecule has 6 heteroatoms. The molecular weight excluding hydrogens is 262 g/mol. The second-order valence-electron chi connectivity index (χ2n) is 4.32. The van der Waals surface area contributed by atoms with Crippen LogP contribution in [0.3, 0.4) is 0 Å². The van der Waals surface area contributed by atoms with E-state index in [1.165, 1.54) is 11.3 Å².